The molecule has 0 radical (unpaired) electrons. The molecule has 0 fully saturated rings. The third-order valence-corrected chi connectivity index (χ3v) is 2.89. The van der Waals surface area contributed by atoms with Crippen molar-refractivity contribution in [2.45, 2.75) is 20.0 Å². The molecule has 0 amide bonds. The highest BCUT2D eigenvalue weighted by molar-refractivity contribution is 5.42. The highest BCUT2D eigenvalue weighted by atomic mass is 15.2. The molecule has 3 heteroatoms. The molecule has 94 valence electrons. The smallest absolute Gasteiger partial charge is 0.129 e. The Labute approximate surface area is 108 Å². The van der Waals surface area contributed by atoms with Crippen LogP contribution in [0.25, 0.3) is 0 Å². The Morgan fingerprint density at radius 1 is 1.11 bits per heavy atom. The van der Waals surface area contributed by atoms with Gasteiger partial charge in [0.15, 0.2) is 0 Å². The van der Waals surface area contributed by atoms with Gasteiger partial charge in [-0.2, -0.15) is 0 Å². The molecule has 1 heterocycles. The molecule has 0 saturated heterocycles. The summed E-state index contributed by atoms with van der Waals surface area (Å²) in [5.41, 5.74) is 9.10. The maximum Gasteiger partial charge on any atom is 0.129 e. The Balaban J connectivity index is 2.18. The van der Waals surface area contributed by atoms with Gasteiger partial charge < -0.3 is 10.6 Å². The molecule has 18 heavy (non-hydrogen) atoms. The lowest BCUT2D eigenvalue weighted by molar-refractivity contribution is 0.885. The zero-order valence-electron chi connectivity index (χ0n) is 10.9. The predicted molar refractivity (Wildman–Crippen MR) is 75.4 cm³/mol. The zero-order chi connectivity index (χ0) is 13.0. The van der Waals surface area contributed by atoms with Crippen molar-refractivity contribution in [3.8, 4) is 0 Å². The van der Waals surface area contributed by atoms with Crippen LogP contribution in [0.1, 0.15) is 16.8 Å². The lowest BCUT2D eigenvalue weighted by atomic mass is 10.2. The second-order valence-corrected chi connectivity index (χ2v) is 4.52. The van der Waals surface area contributed by atoms with E-state index in [2.05, 4.69) is 47.3 Å². The first-order valence-corrected chi connectivity index (χ1v) is 6.12. The van der Waals surface area contributed by atoms with Crippen LogP contribution in [0.4, 0.5) is 5.82 Å². The molecule has 0 aliphatic rings. The van der Waals surface area contributed by atoms with E-state index in [1.165, 1.54) is 5.56 Å². The molecule has 2 aromatic rings. The molecule has 1 aromatic heterocycles. The summed E-state index contributed by atoms with van der Waals surface area (Å²) in [5.74, 6) is 0.972. The average Bonchev–Trinajstić information content (AvgIpc) is 2.39. The average molecular weight is 241 g/mol. The molecule has 0 spiro atoms. The van der Waals surface area contributed by atoms with E-state index in [1.807, 2.05) is 19.1 Å². The summed E-state index contributed by atoms with van der Waals surface area (Å²) in [6, 6.07) is 14.5. The second-order valence-electron chi connectivity index (χ2n) is 4.52. The fourth-order valence-corrected chi connectivity index (χ4v) is 1.97. The van der Waals surface area contributed by atoms with Gasteiger partial charge in [-0.3, -0.25) is 0 Å². The minimum atomic E-state index is 0.551. The molecule has 0 bridgehead atoms. The number of hydrogen-bond acceptors (Lipinski definition) is 3. The number of anilines is 1. The summed E-state index contributed by atoms with van der Waals surface area (Å²) in [5, 5.41) is 0. The van der Waals surface area contributed by atoms with Crippen molar-refractivity contribution in [1.29, 1.82) is 0 Å². The van der Waals surface area contributed by atoms with Gasteiger partial charge >= 0.3 is 0 Å². The van der Waals surface area contributed by atoms with Gasteiger partial charge in [0.2, 0.25) is 0 Å². The van der Waals surface area contributed by atoms with Crippen LogP contribution in [0, 0.1) is 6.92 Å². The molecule has 0 saturated carbocycles. The number of pyridine rings is 1. The molecule has 0 atom stereocenters. The van der Waals surface area contributed by atoms with E-state index in [9.17, 15) is 0 Å². The lowest BCUT2D eigenvalue weighted by Gasteiger charge is -2.19. The second kappa shape index (κ2) is 5.65. The highest BCUT2D eigenvalue weighted by Gasteiger charge is 2.05. The quantitative estimate of drug-likeness (QED) is 0.894. The molecule has 2 N–H and O–H groups in total. The maximum absolute atomic E-state index is 5.69. The Bertz CT molecular complexity index is 508. The molecule has 0 aliphatic carbocycles. The summed E-state index contributed by atoms with van der Waals surface area (Å²) >= 11 is 0. The number of aromatic nitrogens is 1. The van der Waals surface area contributed by atoms with E-state index in [0.29, 0.717) is 6.54 Å². The number of nitrogens with zero attached hydrogens (tertiary/aromatic N) is 2. The fourth-order valence-electron chi connectivity index (χ4n) is 1.97. The topological polar surface area (TPSA) is 42.1 Å². The Morgan fingerprint density at radius 2 is 1.83 bits per heavy atom. The molecular formula is C15H19N3. The van der Waals surface area contributed by atoms with Crippen LogP contribution in [0.15, 0.2) is 42.5 Å². The van der Waals surface area contributed by atoms with Crippen LogP contribution in [0.3, 0.4) is 0 Å². The largest absolute Gasteiger partial charge is 0.355 e. The van der Waals surface area contributed by atoms with Gasteiger partial charge in [-0.25, -0.2) is 4.98 Å². The molecule has 2 rings (SSSR count). The first-order valence-electron chi connectivity index (χ1n) is 6.12. The van der Waals surface area contributed by atoms with Gasteiger partial charge in [0, 0.05) is 25.8 Å². The summed E-state index contributed by atoms with van der Waals surface area (Å²) in [7, 11) is 2.05. The third kappa shape index (κ3) is 3.08. The summed E-state index contributed by atoms with van der Waals surface area (Å²) in [6.45, 7) is 3.40. The molecule has 1 aromatic carbocycles. The van der Waals surface area contributed by atoms with E-state index in [-0.39, 0.29) is 0 Å². The summed E-state index contributed by atoms with van der Waals surface area (Å²) in [6.07, 6.45) is 0. The van der Waals surface area contributed by atoms with Crippen molar-refractivity contribution < 1.29 is 0 Å². The van der Waals surface area contributed by atoms with E-state index in [0.717, 1.165) is 23.6 Å². The molecule has 0 unspecified atom stereocenters. The van der Waals surface area contributed by atoms with Crippen molar-refractivity contribution in [1.82, 2.24) is 4.98 Å². The standard InChI is InChI=1S/C15H19N3/c1-12-8-14(10-16)9-15(17-12)18(2)11-13-6-4-3-5-7-13/h3-9H,10-11,16H2,1-2H3. The van der Waals surface area contributed by atoms with Crippen LogP contribution >= 0.6 is 0 Å². The first kappa shape index (κ1) is 12.6. The SMILES string of the molecule is Cc1cc(CN)cc(N(C)Cc2ccccc2)n1. The van der Waals surface area contributed by atoms with Crippen molar-refractivity contribution in [2.75, 3.05) is 11.9 Å². The summed E-state index contributed by atoms with van der Waals surface area (Å²) < 4.78 is 0. The zero-order valence-corrected chi connectivity index (χ0v) is 10.9. The van der Waals surface area contributed by atoms with Gasteiger partial charge in [0.05, 0.1) is 0 Å². The Morgan fingerprint density at radius 3 is 2.50 bits per heavy atom. The van der Waals surface area contributed by atoms with Crippen LogP contribution < -0.4 is 10.6 Å². The Hall–Kier alpha value is -1.87. The van der Waals surface area contributed by atoms with Gasteiger partial charge in [0.1, 0.15) is 5.82 Å². The minimum absolute atomic E-state index is 0.551. The number of aryl methyl sites for hydroxylation is 1. The highest BCUT2D eigenvalue weighted by Crippen LogP contribution is 2.15. The van der Waals surface area contributed by atoms with E-state index < -0.39 is 0 Å². The van der Waals surface area contributed by atoms with Crippen molar-refractivity contribution >= 4 is 5.82 Å². The van der Waals surface area contributed by atoms with Gasteiger partial charge in [-0.1, -0.05) is 30.3 Å². The monoisotopic (exact) mass is 241 g/mol. The first-order chi connectivity index (χ1) is 8.69. The van der Waals surface area contributed by atoms with Gasteiger partial charge in [-0.05, 0) is 30.2 Å². The third-order valence-electron chi connectivity index (χ3n) is 2.89. The predicted octanol–water partition coefficient (Wildman–Crippen LogP) is 2.49. The van der Waals surface area contributed by atoms with E-state index in [1.54, 1.807) is 0 Å². The molecule has 3 nitrogen and oxygen atoms in total. The van der Waals surface area contributed by atoms with Crippen LogP contribution in [0.5, 0.6) is 0 Å². The number of benzene rings is 1. The molecular weight excluding hydrogens is 222 g/mol. The minimum Gasteiger partial charge on any atom is -0.355 e. The van der Waals surface area contributed by atoms with E-state index >= 15 is 0 Å². The van der Waals surface area contributed by atoms with Crippen LogP contribution in [-0.4, -0.2) is 12.0 Å². The van der Waals surface area contributed by atoms with Crippen molar-refractivity contribution in [3.05, 3.63) is 59.3 Å². The number of rotatable bonds is 4. The molecule has 0 aliphatic heterocycles. The van der Waals surface area contributed by atoms with Crippen LogP contribution in [0.2, 0.25) is 0 Å². The van der Waals surface area contributed by atoms with E-state index in [4.69, 9.17) is 5.73 Å². The van der Waals surface area contributed by atoms with Gasteiger partial charge in [0.25, 0.3) is 0 Å². The summed E-state index contributed by atoms with van der Waals surface area (Å²) in [4.78, 5) is 6.69. The maximum atomic E-state index is 5.69. The number of hydrogen-bond donors (Lipinski definition) is 1. The van der Waals surface area contributed by atoms with Gasteiger partial charge in [-0.15, -0.1) is 0 Å². The Kier molecular flexibility index (Phi) is 3.95. The van der Waals surface area contributed by atoms with Crippen molar-refractivity contribution in [3.63, 3.8) is 0 Å². The number of nitrogens with two attached hydrogens (primary N) is 1. The van der Waals surface area contributed by atoms with Crippen LogP contribution in [-0.2, 0) is 13.1 Å². The normalized spacial score (nSPS) is 10.4. The lowest BCUT2D eigenvalue weighted by Crippen LogP contribution is -2.18. The van der Waals surface area contributed by atoms with Crippen molar-refractivity contribution in [2.24, 2.45) is 5.73 Å². The fraction of sp³-hybridized carbons (Fsp3) is 0.267.